The van der Waals surface area contributed by atoms with E-state index in [2.05, 4.69) is 16.0 Å². The number of benzene rings is 5. The molecule has 0 aliphatic heterocycles. The van der Waals surface area contributed by atoms with Crippen LogP contribution in [0.1, 0.15) is 37.1 Å². The molecule has 0 spiro atoms. The average molecular weight is 713 g/mol. The number of halogens is 2. The zero-order valence-corrected chi connectivity index (χ0v) is 27.7. The topological polar surface area (TPSA) is 145 Å². The quantitative estimate of drug-likeness (QED) is 0.0527. The summed E-state index contributed by atoms with van der Waals surface area (Å²) < 4.78 is 0. The Hall–Kier alpha value is -5.55. The maximum Gasteiger partial charge on any atom is 0.339 e. The lowest BCUT2D eigenvalue weighted by Gasteiger charge is -2.18. The molecule has 0 aliphatic carbocycles. The molecule has 5 rings (SSSR count). The number of carbonyl (C=O) groups excluding carboxylic acids is 3. The van der Waals surface area contributed by atoms with Gasteiger partial charge in [-0.15, -0.1) is 11.8 Å². The molecule has 5 N–H and O–H groups in total. The van der Waals surface area contributed by atoms with Crippen LogP contribution in [0.2, 0.25) is 10.0 Å². The number of carboxylic acid groups (broad SMARTS) is 1. The van der Waals surface area contributed by atoms with E-state index in [-0.39, 0.29) is 27.0 Å². The fraction of sp³-hybridized carbons (Fsp3) is 0.0270. The number of amides is 3. The van der Waals surface area contributed by atoms with E-state index in [0.717, 1.165) is 0 Å². The normalized spacial score (nSPS) is 11.7. The van der Waals surface area contributed by atoms with Gasteiger partial charge in [-0.05, 0) is 71.8 Å². The first kappa shape index (κ1) is 34.8. The van der Waals surface area contributed by atoms with E-state index in [1.54, 1.807) is 97.1 Å². The fourth-order valence-electron chi connectivity index (χ4n) is 4.61. The first-order chi connectivity index (χ1) is 23.6. The minimum atomic E-state index is -1.34. The maximum absolute atomic E-state index is 13.6. The van der Waals surface area contributed by atoms with Gasteiger partial charge in [0.25, 0.3) is 11.8 Å². The van der Waals surface area contributed by atoms with E-state index in [9.17, 15) is 29.4 Å². The second-order valence-corrected chi connectivity index (χ2v) is 12.4. The Morgan fingerprint density at radius 3 is 2.12 bits per heavy atom. The van der Waals surface area contributed by atoms with E-state index in [1.165, 1.54) is 36.0 Å². The number of nitrogens with one attached hydrogen (secondary N) is 3. The minimum Gasteiger partial charge on any atom is -0.507 e. The lowest BCUT2D eigenvalue weighted by atomic mass is 10.1. The van der Waals surface area contributed by atoms with Gasteiger partial charge in [-0.1, -0.05) is 89.9 Å². The number of hydrogen-bond acceptors (Lipinski definition) is 6. The predicted molar refractivity (Wildman–Crippen MR) is 192 cm³/mol. The Morgan fingerprint density at radius 1 is 0.735 bits per heavy atom. The standard InChI is InChI=1S/C37H27Cl2N3O6S/c38-29-16-7-13-24(32(29)39)19-30(42-34(44)23-11-5-2-6-12-23)35(45)40-25-14-8-15-27(20-25)49-33(22-9-3-1-4-10-22)36(46)41-26-17-18-31(43)28(21-26)37(47)48/h1-21,33,43H,(H,40,45)(H,41,46)(H,42,44)(H,47,48)/b30-19+. The van der Waals surface area contributed by atoms with Crippen LogP contribution in [-0.4, -0.2) is 33.9 Å². The number of anilines is 2. The van der Waals surface area contributed by atoms with Gasteiger partial charge in [0.1, 0.15) is 22.3 Å². The first-order valence-corrected chi connectivity index (χ1v) is 16.2. The van der Waals surface area contributed by atoms with Crippen molar-refractivity contribution in [3.8, 4) is 5.75 Å². The molecule has 0 aliphatic rings. The molecule has 0 bridgehead atoms. The van der Waals surface area contributed by atoms with Crippen molar-refractivity contribution < 1.29 is 29.4 Å². The minimum absolute atomic E-state index is 0.0905. The highest BCUT2D eigenvalue weighted by atomic mass is 35.5. The molecule has 0 radical (unpaired) electrons. The summed E-state index contributed by atoms with van der Waals surface area (Å²) in [5.74, 6) is -3.35. The molecule has 0 heterocycles. The third kappa shape index (κ3) is 9.08. The maximum atomic E-state index is 13.6. The largest absolute Gasteiger partial charge is 0.507 e. The Balaban J connectivity index is 1.40. The van der Waals surface area contributed by atoms with E-state index < -0.39 is 34.7 Å². The van der Waals surface area contributed by atoms with Gasteiger partial charge in [-0.3, -0.25) is 14.4 Å². The second kappa shape index (κ2) is 16.0. The summed E-state index contributed by atoms with van der Waals surface area (Å²) in [7, 11) is 0. The zero-order valence-electron chi connectivity index (χ0n) is 25.4. The van der Waals surface area contributed by atoms with Crippen LogP contribution < -0.4 is 16.0 Å². The van der Waals surface area contributed by atoms with Gasteiger partial charge in [0.05, 0.1) is 10.0 Å². The first-order valence-electron chi connectivity index (χ1n) is 14.6. The van der Waals surface area contributed by atoms with Gasteiger partial charge in [-0.25, -0.2) is 4.79 Å². The van der Waals surface area contributed by atoms with Gasteiger partial charge >= 0.3 is 5.97 Å². The second-order valence-electron chi connectivity index (χ2n) is 10.4. The Labute approximate surface area is 295 Å². The van der Waals surface area contributed by atoms with Crippen molar-refractivity contribution in [2.75, 3.05) is 10.6 Å². The molecular formula is C37H27Cl2N3O6S. The monoisotopic (exact) mass is 711 g/mol. The molecule has 3 amide bonds. The van der Waals surface area contributed by atoms with Crippen molar-refractivity contribution in [3.63, 3.8) is 0 Å². The molecule has 9 nitrogen and oxygen atoms in total. The Morgan fingerprint density at radius 2 is 1.41 bits per heavy atom. The van der Waals surface area contributed by atoms with Crippen LogP contribution in [0, 0.1) is 0 Å². The summed E-state index contributed by atoms with van der Waals surface area (Å²) in [6.07, 6.45) is 1.43. The third-order valence-corrected chi connectivity index (χ3v) is 9.07. The summed E-state index contributed by atoms with van der Waals surface area (Å²) in [6.45, 7) is 0. The Kier molecular flexibility index (Phi) is 11.4. The molecule has 12 heteroatoms. The van der Waals surface area contributed by atoms with Crippen molar-refractivity contribution in [1.29, 1.82) is 0 Å². The molecule has 1 atom stereocenters. The predicted octanol–water partition coefficient (Wildman–Crippen LogP) is 8.28. The van der Waals surface area contributed by atoms with E-state index in [0.29, 0.717) is 27.3 Å². The number of phenols is 1. The average Bonchev–Trinajstić information content (AvgIpc) is 3.10. The molecule has 5 aromatic rings. The highest BCUT2D eigenvalue weighted by molar-refractivity contribution is 8.00. The third-order valence-electron chi connectivity index (χ3n) is 6.99. The van der Waals surface area contributed by atoms with Crippen LogP contribution in [0.3, 0.4) is 0 Å². The van der Waals surface area contributed by atoms with Gasteiger partial charge in [0.15, 0.2) is 0 Å². The lowest BCUT2D eigenvalue weighted by molar-refractivity contribution is -0.116. The number of aromatic hydroxyl groups is 1. The molecule has 1 unspecified atom stereocenters. The molecule has 5 aromatic carbocycles. The fourth-order valence-corrected chi connectivity index (χ4v) is 6.05. The molecule has 0 saturated heterocycles. The molecule has 0 saturated carbocycles. The van der Waals surface area contributed by atoms with Crippen LogP contribution in [0.15, 0.2) is 132 Å². The SMILES string of the molecule is O=C(Nc1cccc(SC(C(=O)Nc2ccc(O)c(C(=O)O)c2)c2ccccc2)c1)/C(=C\c1cccc(Cl)c1Cl)NC(=O)c1ccccc1. The number of carboxylic acids is 1. The van der Waals surface area contributed by atoms with Crippen LogP contribution >= 0.6 is 35.0 Å². The van der Waals surface area contributed by atoms with Gasteiger partial charge in [0, 0.05) is 21.8 Å². The number of hydrogen-bond donors (Lipinski definition) is 5. The van der Waals surface area contributed by atoms with Crippen LogP contribution in [0.25, 0.3) is 6.08 Å². The molecule has 0 aromatic heterocycles. The highest BCUT2D eigenvalue weighted by Gasteiger charge is 2.24. The van der Waals surface area contributed by atoms with Crippen molar-refractivity contribution in [2.24, 2.45) is 0 Å². The van der Waals surface area contributed by atoms with Gasteiger partial charge in [0.2, 0.25) is 5.91 Å². The zero-order chi connectivity index (χ0) is 34.9. The van der Waals surface area contributed by atoms with Crippen LogP contribution in [0.4, 0.5) is 11.4 Å². The van der Waals surface area contributed by atoms with E-state index in [1.807, 2.05) is 6.07 Å². The summed E-state index contributed by atoms with van der Waals surface area (Å²) in [6, 6.07) is 32.9. The highest BCUT2D eigenvalue weighted by Crippen LogP contribution is 2.37. The van der Waals surface area contributed by atoms with Crippen molar-refractivity contribution in [2.45, 2.75) is 10.1 Å². The van der Waals surface area contributed by atoms with Crippen molar-refractivity contribution in [3.05, 3.63) is 159 Å². The molecule has 49 heavy (non-hydrogen) atoms. The summed E-state index contributed by atoms with van der Waals surface area (Å²) >= 11 is 13.8. The van der Waals surface area contributed by atoms with Crippen molar-refractivity contribution in [1.82, 2.24) is 5.32 Å². The van der Waals surface area contributed by atoms with Crippen LogP contribution in [0.5, 0.6) is 5.75 Å². The van der Waals surface area contributed by atoms with E-state index in [4.69, 9.17) is 23.2 Å². The lowest BCUT2D eigenvalue weighted by Crippen LogP contribution is -2.30. The Bertz CT molecular complexity index is 2060. The smallest absolute Gasteiger partial charge is 0.339 e. The summed E-state index contributed by atoms with van der Waals surface area (Å²) in [4.78, 5) is 52.4. The van der Waals surface area contributed by atoms with Crippen molar-refractivity contribution >= 4 is 76.1 Å². The number of rotatable bonds is 11. The van der Waals surface area contributed by atoms with E-state index >= 15 is 0 Å². The van der Waals surface area contributed by atoms with Gasteiger partial charge < -0.3 is 26.2 Å². The molecule has 246 valence electrons. The summed E-state index contributed by atoms with van der Waals surface area (Å²) in [5, 5.41) is 27.2. The number of aromatic carboxylic acids is 1. The molecular weight excluding hydrogens is 685 g/mol. The summed E-state index contributed by atoms with van der Waals surface area (Å²) in [5.41, 5.74) is 1.56. The van der Waals surface area contributed by atoms with Gasteiger partial charge in [-0.2, -0.15) is 0 Å². The number of thioether (sulfide) groups is 1. The number of carbonyl (C=O) groups is 4. The molecule has 0 fully saturated rings. The van der Waals surface area contributed by atoms with Crippen LogP contribution in [-0.2, 0) is 9.59 Å².